The maximum absolute atomic E-state index is 12.4. The molecule has 2 N–H and O–H groups in total. The number of carbonyl (C=O) groups excluding carboxylic acids is 1. The van der Waals surface area contributed by atoms with E-state index < -0.39 is 10.0 Å². The third-order valence-electron chi connectivity index (χ3n) is 3.22. The van der Waals surface area contributed by atoms with E-state index in [1.165, 1.54) is 30.3 Å². The zero-order valence-corrected chi connectivity index (χ0v) is 15.2. The average molecular weight is 367 g/mol. The SMILES string of the molecule is Cc1ccc(S(=O)(=O)Nc2ccc(C(=O)NC(C)C)c(Cl)c2)cc1. The number of nitrogens with one attached hydrogen (secondary N) is 2. The Bertz CT molecular complexity index is 847. The molecule has 0 aliphatic carbocycles. The molecule has 2 aromatic carbocycles. The molecule has 0 unspecified atom stereocenters. The fourth-order valence-corrected chi connectivity index (χ4v) is 3.35. The average Bonchev–Trinajstić information content (AvgIpc) is 2.46. The fraction of sp³-hybridized carbons (Fsp3) is 0.235. The summed E-state index contributed by atoms with van der Waals surface area (Å²) >= 11 is 6.11. The summed E-state index contributed by atoms with van der Waals surface area (Å²) in [6, 6.07) is 10.9. The van der Waals surface area contributed by atoms with Crippen molar-refractivity contribution in [1.82, 2.24) is 5.32 Å². The Kier molecular flexibility index (Phi) is 5.51. The first kappa shape index (κ1) is 18.3. The number of amides is 1. The third kappa shape index (κ3) is 4.49. The Morgan fingerprint density at radius 2 is 1.71 bits per heavy atom. The molecule has 24 heavy (non-hydrogen) atoms. The summed E-state index contributed by atoms with van der Waals surface area (Å²) in [4.78, 5) is 12.1. The Hall–Kier alpha value is -2.05. The second kappa shape index (κ2) is 7.23. The minimum Gasteiger partial charge on any atom is -0.350 e. The van der Waals surface area contributed by atoms with Crippen molar-refractivity contribution in [2.75, 3.05) is 4.72 Å². The number of aryl methyl sites for hydroxylation is 1. The Morgan fingerprint density at radius 1 is 1.08 bits per heavy atom. The van der Waals surface area contributed by atoms with Crippen molar-refractivity contribution in [3.63, 3.8) is 0 Å². The van der Waals surface area contributed by atoms with Crippen molar-refractivity contribution in [1.29, 1.82) is 0 Å². The Labute approximate surface area is 147 Å². The van der Waals surface area contributed by atoms with Crippen LogP contribution in [-0.2, 0) is 10.0 Å². The minimum absolute atomic E-state index is 0.0201. The molecule has 0 aliphatic rings. The highest BCUT2D eigenvalue weighted by atomic mass is 35.5. The molecule has 0 spiro atoms. The van der Waals surface area contributed by atoms with Gasteiger partial charge in [0.15, 0.2) is 0 Å². The molecule has 0 aromatic heterocycles. The molecule has 0 atom stereocenters. The molecule has 2 rings (SSSR count). The topological polar surface area (TPSA) is 75.3 Å². The molecule has 0 bridgehead atoms. The molecule has 2 aromatic rings. The molecule has 5 nitrogen and oxygen atoms in total. The van der Waals surface area contributed by atoms with E-state index in [0.29, 0.717) is 11.3 Å². The van der Waals surface area contributed by atoms with E-state index in [9.17, 15) is 13.2 Å². The van der Waals surface area contributed by atoms with Crippen LogP contribution in [0.3, 0.4) is 0 Å². The molecule has 0 saturated heterocycles. The first-order valence-electron chi connectivity index (χ1n) is 7.39. The van der Waals surface area contributed by atoms with Crippen molar-refractivity contribution < 1.29 is 13.2 Å². The first-order valence-corrected chi connectivity index (χ1v) is 9.25. The fourth-order valence-electron chi connectivity index (χ4n) is 2.03. The van der Waals surface area contributed by atoms with E-state index in [1.807, 2.05) is 20.8 Å². The maximum atomic E-state index is 12.4. The van der Waals surface area contributed by atoms with Gasteiger partial charge in [0, 0.05) is 6.04 Å². The van der Waals surface area contributed by atoms with Gasteiger partial charge >= 0.3 is 0 Å². The predicted octanol–water partition coefficient (Wildman–Crippen LogP) is 3.59. The number of sulfonamides is 1. The number of rotatable bonds is 5. The molecule has 0 radical (unpaired) electrons. The van der Waals surface area contributed by atoms with Crippen LogP contribution in [-0.4, -0.2) is 20.4 Å². The van der Waals surface area contributed by atoms with Gasteiger partial charge in [0.25, 0.3) is 15.9 Å². The van der Waals surface area contributed by atoms with Crippen LogP contribution in [0.5, 0.6) is 0 Å². The van der Waals surface area contributed by atoms with Gasteiger partial charge in [0.1, 0.15) is 0 Å². The number of anilines is 1. The van der Waals surface area contributed by atoms with Crippen molar-refractivity contribution in [2.45, 2.75) is 31.7 Å². The molecular formula is C17H19ClN2O3S. The molecule has 7 heteroatoms. The number of hydrogen-bond acceptors (Lipinski definition) is 3. The lowest BCUT2D eigenvalue weighted by Gasteiger charge is -2.12. The van der Waals surface area contributed by atoms with Gasteiger partial charge < -0.3 is 5.32 Å². The number of benzene rings is 2. The van der Waals surface area contributed by atoms with Gasteiger partial charge in [0.2, 0.25) is 0 Å². The van der Waals surface area contributed by atoms with Crippen LogP contribution in [0.4, 0.5) is 5.69 Å². The lowest BCUT2D eigenvalue weighted by Crippen LogP contribution is -2.30. The summed E-state index contributed by atoms with van der Waals surface area (Å²) in [6.07, 6.45) is 0. The third-order valence-corrected chi connectivity index (χ3v) is 4.93. The van der Waals surface area contributed by atoms with Gasteiger partial charge in [-0.25, -0.2) is 8.42 Å². The lowest BCUT2D eigenvalue weighted by atomic mass is 10.2. The quantitative estimate of drug-likeness (QED) is 0.849. The minimum atomic E-state index is -3.71. The van der Waals surface area contributed by atoms with Crippen LogP contribution in [0.25, 0.3) is 0 Å². The van der Waals surface area contributed by atoms with Crippen LogP contribution in [0.2, 0.25) is 5.02 Å². The largest absolute Gasteiger partial charge is 0.350 e. The maximum Gasteiger partial charge on any atom is 0.261 e. The summed E-state index contributed by atoms with van der Waals surface area (Å²) in [6.45, 7) is 5.57. The zero-order valence-electron chi connectivity index (χ0n) is 13.6. The molecular weight excluding hydrogens is 348 g/mol. The van der Waals surface area contributed by atoms with E-state index in [4.69, 9.17) is 11.6 Å². The molecule has 128 valence electrons. The molecule has 1 amide bonds. The predicted molar refractivity (Wildman–Crippen MR) is 96.0 cm³/mol. The lowest BCUT2D eigenvalue weighted by molar-refractivity contribution is 0.0943. The van der Waals surface area contributed by atoms with Crippen LogP contribution < -0.4 is 10.0 Å². The summed E-state index contributed by atoms with van der Waals surface area (Å²) in [5, 5.41) is 2.91. The zero-order chi connectivity index (χ0) is 17.9. The van der Waals surface area contributed by atoms with E-state index in [1.54, 1.807) is 12.1 Å². The second-order valence-corrected chi connectivity index (χ2v) is 7.83. The Balaban J connectivity index is 2.23. The number of carbonyl (C=O) groups is 1. The van der Waals surface area contributed by atoms with E-state index in [2.05, 4.69) is 10.0 Å². The van der Waals surface area contributed by atoms with Crippen LogP contribution >= 0.6 is 11.6 Å². The monoisotopic (exact) mass is 366 g/mol. The summed E-state index contributed by atoms with van der Waals surface area (Å²) in [5.41, 5.74) is 1.56. The van der Waals surface area contributed by atoms with Crippen LogP contribution in [0.1, 0.15) is 29.8 Å². The standard InChI is InChI=1S/C17H19ClN2O3S/c1-11(2)19-17(21)15-9-6-13(10-16(15)18)20-24(22,23)14-7-4-12(3)5-8-14/h4-11,20H,1-3H3,(H,19,21). The molecule has 0 heterocycles. The summed E-state index contributed by atoms with van der Waals surface area (Å²) in [7, 11) is -3.71. The normalized spacial score (nSPS) is 11.4. The van der Waals surface area contributed by atoms with Gasteiger partial charge in [-0.1, -0.05) is 29.3 Å². The van der Waals surface area contributed by atoms with Crippen molar-refractivity contribution >= 4 is 33.2 Å². The van der Waals surface area contributed by atoms with E-state index in [-0.39, 0.29) is 21.9 Å². The van der Waals surface area contributed by atoms with Crippen LogP contribution in [0, 0.1) is 6.92 Å². The van der Waals surface area contributed by atoms with Crippen molar-refractivity contribution in [3.05, 3.63) is 58.6 Å². The van der Waals surface area contributed by atoms with Gasteiger partial charge in [-0.15, -0.1) is 0 Å². The number of hydrogen-bond donors (Lipinski definition) is 2. The van der Waals surface area contributed by atoms with E-state index >= 15 is 0 Å². The van der Waals surface area contributed by atoms with Crippen LogP contribution in [0.15, 0.2) is 47.4 Å². The number of halogens is 1. The molecule has 0 saturated carbocycles. The van der Waals surface area contributed by atoms with Crippen molar-refractivity contribution in [2.24, 2.45) is 0 Å². The molecule has 0 fully saturated rings. The van der Waals surface area contributed by atoms with Gasteiger partial charge in [-0.2, -0.15) is 0 Å². The van der Waals surface area contributed by atoms with Gasteiger partial charge in [-0.05, 0) is 51.1 Å². The highest BCUT2D eigenvalue weighted by molar-refractivity contribution is 7.92. The van der Waals surface area contributed by atoms with Gasteiger partial charge in [0.05, 0.1) is 21.2 Å². The highest BCUT2D eigenvalue weighted by Crippen LogP contribution is 2.23. The summed E-state index contributed by atoms with van der Waals surface area (Å²) < 4.78 is 27.2. The first-order chi connectivity index (χ1) is 11.2. The molecule has 0 aliphatic heterocycles. The Morgan fingerprint density at radius 3 is 2.25 bits per heavy atom. The van der Waals surface area contributed by atoms with E-state index in [0.717, 1.165) is 5.56 Å². The highest BCUT2D eigenvalue weighted by Gasteiger charge is 2.16. The summed E-state index contributed by atoms with van der Waals surface area (Å²) in [5.74, 6) is -0.303. The smallest absolute Gasteiger partial charge is 0.261 e. The van der Waals surface area contributed by atoms with Gasteiger partial charge in [-0.3, -0.25) is 9.52 Å². The second-order valence-electron chi connectivity index (χ2n) is 5.74. The van der Waals surface area contributed by atoms with Crippen molar-refractivity contribution in [3.8, 4) is 0 Å².